The molecule has 0 spiro atoms. The molecule has 0 heterocycles. The monoisotopic (exact) mass is 526 g/mol. The van der Waals surface area contributed by atoms with Crippen molar-refractivity contribution in [3.8, 4) is 0 Å². The lowest BCUT2D eigenvalue weighted by Crippen LogP contribution is -2.53. The number of nitrogens with one attached hydrogen (secondary N) is 2. The summed E-state index contributed by atoms with van der Waals surface area (Å²) in [5.41, 5.74) is -1.86. The minimum atomic E-state index is -1.40. The zero-order valence-electron chi connectivity index (χ0n) is 23.1. The van der Waals surface area contributed by atoms with Crippen LogP contribution < -0.4 is 10.6 Å². The van der Waals surface area contributed by atoms with E-state index in [0.717, 1.165) is 32.7 Å². The fourth-order valence-electron chi connectivity index (χ4n) is 4.93. The Morgan fingerprint density at radius 3 is 1.36 bits per heavy atom. The molecule has 2 atom stereocenters. The van der Waals surface area contributed by atoms with Crippen LogP contribution in [0.1, 0.15) is 38.8 Å². The molecule has 6 nitrogen and oxygen atoms in total. The molecule has 39 heavy (non-hydrogen) atoms. The van der Waals surface area contributed by atoms with Crippen molar-refractivity contribution in [1.29, 1.82) is 0 Å². The van der Waals surface area contributed by atoms with E-state index in [4.69, 9.17) is 0 Å². The summed E-state index contributed by atoms with van der Waals surface area (Å²) < 4.78 is 0. The van der Waals surface area contributed by atoms with Crippen LogP contribution in [0.3, 0.4) is 0 Å². The van der Waals surface area contributed by atoms with Crippen molar-refractivity contribution < 1.29 is 19.8 Å². The van der Waals surface area contributed by atoms with Gasteiger partial charge in [0.05, 0.1) is 11.2 Å². The maximum Gasteiger partial charge on any atom is 0.235 e. The molecule has 4 rings (SSSR count). The second kappa shape index (κ2) is 11.2. The highest BCUT2D eigenvalue weighted by Crippen LogP contribution is 2.25. The second-order valence-corrected chi connectivity index (χ2v) is 11.6. The van der Waals surface area contributed by atoms with Gasteiger partial charge in [0.2, 0.25) is 11.8 Å². The summed E-state index contributed by atoms with van der Waals surface area (Å²) in [7, 11) is 0. The van der Waals surface area contributed by atoms with Crippen molar-refractivity contribution in [2.75, 3.05) is 13.1 Å². The number of hydrogen-bond donors (Lipinski definition) is 4. The molecule has 204 valence electrons. The summed E-state index contributed by atoms with van der Waals surface area (Å²) in [4.78, 5) is 26.1. The third kappa shape index (κ3) is 6.83. The van der Waals surface area contributed by atoms with E-state index < -0.39 is 28.4 Å². The molecular weight excluding hydrogens is 488 g/mol. The van der Waals surface area contributed by atoms with E-state index in [2.05, 4.69) is 10.6 Å². The van der Waals surface area contributed by atoms with Crippen LogP contribution in [-0.4, -0.2) is 46.3 Å². The van der Waals surface area contributed by atoms with Gasteiger partial charge in [-0.3, -0.25) is 9.59 Å². The Balaban J connectivity index is 1.34. The van der Waals surface area contributed by atoms with Gasteiger partial charge >= 0.3 is 0 Å². The summed E-state index contributed by atoms with van der Waals surface area (Å²) in [5, 5.41) is 31.9. The normalized spacial score (nSPS) is 14.9. The second-order valence-electron chi connectivity index (χ2n) is 11.6. The van der Waals surface area contributed by atoms with Crippen molar-refractivity contribution >= 4 is 33.4 Å². The summed E-state index contributed by atoms with van der Waals surface area (Å²) in [6.45, 7) is 6.40. The fourth-order valence-corrected chi connectivity index (χ4v) is 4.93. The van der Waals surface area contributed by atoms with Crippen LogP contribution in [0.5, 0.6) is 0 Å². The Morgan fingerprint density at radius 1 is 0.590 bits per heavy atom. The third-order valence-electron chi connectivity index (χ3n) is 7.30. The number of aliphatic hydroxyl groups is 2. The van der Waals surface area contributed by atoms with Gasteiger partial charge in [0.1, 0.15) is 5.41 Å². The zero-order chi connectivity index (χ0) is 28.3. The minimum absolute atomic E-state index is 0.00936. The first kappa shape index (κ1) is 28.3. The number of amides is 2. The topological polar surface area (TPSA) is 98.7 Å². The number of benzene rings is 4. The van der Waals surface area contributed by atoms with Gasteiger partial charge in [0.25, 0.3) is 0 Å². The maximum atomic E-state index is 13.0. The molecule has 0 bridgehead atoms. The molecule has 4 N–H and O–H groups in total. The van der Waals surface area contributed by atoms with Gasteiger partial charge < -0.3 is 20.8 Å². The van der Waals surface area contributed by atoms with Gasteiger partial charge in [-0.15, -0.1) is 0 Å². The van der Waals surface area contributed by atoms with Gasteiger partial charge in [0, 0.05) is 25.9 Å². The molecule has 0 saturated carbocycles. The van der Waals surface area contributed by atoms with Crippen molar-refractivity contribution in [1.82, 2.24) is 10.6 Å². The highest BCUT2D eigenvalue weighted by molar-refractivity contribution is 6.04. The molecule has 0 aliphatic rings. The third-order valence-corrected chi connectivity index (χ3v) is 7.30. The van der Waals surface area contributed by atoms with Crippen LogP contribution in [0.4, 0.5) is 0 Å². The van der Waals surface area contributed by atoms with Crippen molar-refractivity contribution in [2.24, 2.45) is 5.41 Å². The van der Waals surface area contributed by atoms with E-state index in [0.29, 0.717) is 12.8 Å². The van der Waals surface area contributed by atoms with Gasteiger partial charge in [-0.1, -0.05) is 84.9 Å². The van der Waals surface area contributed by atoms with E-state index in [1.807, 2.05) is 84.9 Å². The highest BCUT2D eigenvalue weighted by Gasteiger charge is 2.38. The molecule has 0 aliphatic heterocycles. The first-order valence-corrected chi connectivity index (χ1v) is 13.3. The SMILES string of the molecule is CC(O)(CNC(=O)C(C)(C)C(=O)NCC(C)(O)Cc1cccc2ccccc12)Cc1cccc2ccccc12. The quantitative estimate of drug-likeness (QED) is 0.228. The van der Waals surface area contributed by atoms with E-state index in [-0.39, 0.29) is 13.1 Å². The molecule has 4 aromatic rings. The smallest absolute Gasteiger partial charge is 0.235 e. The molecule has 2 amide bonds. The van der Waals surface area contributed by atoms with Crippen molar-refractivity contribution in [3.63, 3.8) is 0 Å². The van der Waals surface area contributed by atoms with E-state index in [1.165, 1.54) is 13.8 Å². The Bertz CT molecular complexity index is 1370. The van der Waals surface area contributed by atoms with Crippen LogP contribution in [0.25, 0.3) is 21.5 Å². The van der Waals surface area contributed by atoms with E-state index in [1.54, 1.807) is 13.8 Å². The fraction of sp³-hybridized carbons (Fsp3) is 0.333. The molecule has 0 aromatic heterocycles. The standard InChI is InChI=1S/C33H38N2O4/c1-31(2,29(36)34-21-32(3,38)19-25-15-9-13-23-11-5-7-17-27(23)25)30(37)35-22-33(4,39)20-26-16-10-14-24-12-6-8-18-28(24)26/h5-18,38-39H,19-22H2,1-4H3,(H,34,36)(H,35,37). The maximum absolute atomic E-state index is 13.0. The average Bonchev–Trinajstić information content (AvgIpc) is 2.90. The molecular formula is C33H38N2O4. The number of hydrogen-bond acceptors (Lipinski definition) is 4. The summed E-state index contributed by atoms with van der Waals surface area (Å²) >= 11 is 0. The van der Waals surface area contributed by atoms with Crippen LogP contribution in [0, 0.1) is 5.41 Å². The lowest BCUT2D eigenvalue weighted by Gasteiger charge is -2.30. The summed E-state index contributed by atoms with van der Waals surface area (Å²) in [5.74, 6) is -0.987. The number of rotatable bonds is 10. The largest absolute Gasteiger partial charge is 0.388 e. The van der Waals surface area contributed by atoms with Crippen LogP contribution in [0.15, 0.2) is 84.9 Å². The molecule has 0 fully saturated rings. The lowest BCUT2D eigenvalue weighted by atomic mass is 9.88. The Kier molecular flexibility index (Phi) is 8.09. The van der Waals surface area contributed by atoms with E-state index in [9.17, 15) is 19.8 Å². The molecule has 2 unspecified atom stereocenters. The number of carbonyl (C=O) groups excluding carboxylic acids is 2. The summed E-state index contributed by atoms with van der Waals surface area (Å²) in [6.07, 6.45) is 0.691. The van der Waals surface area contributed by atoms with E-state index >= 15 is 0 Å². The first-order chi connectivity index (χ1) is 18.4. The molecule has 6 heteroatoms. The van der Waals surface area contributed by atoms with Crippen LogP contribution >= 0.6 is 0 Å². The van der Waals surface area contributed by atoms with Gasteiger partial charge in [0.15, 0.2) is 0 Å². The van der Waals surface area contributed by atoms with Crippen LogP contribution in [0.2, 0.25) is 0 Å². The number of carbonyl (C=O) groups is 2. The van der Waals surface area contributed by atoms with Crippen molar-refractivity contribution in [2.45, 2.75) is 51.7 Å². The average molecular weight is 527 g/mol. The first-order valence-electron chi connectivity index (χ1n) is 13.3. The highest BCUT2D eigenvalue weighted by atomic mass is 16.3. The summed E-state index contributed by atoms with van der Waals surface area (Å²) in [6, 6.07) is 27.8. The van der Waals surface area contributed by atoms with Gasteiger partial charge in [-0.25, -0.2) is 0 Å². The Morgan fingerprint density at radius 2 is 0.949 bits per heavy atom. The lowest BCUT2D eigenvalue weighted by molar-refractivity contribution is -0.142. The van der Waals surface area contributed by atoms with Crippen LogP contribution in [-0.2, 0) is 22.4 Å². The van der Waals surface area contributed by atoms with Gasteiger partial charge in [-0.05, 0) is 60.4 Å². The minimum Gasteiger partial charge on any atom is -0.388 e. The zero-order valence-corrected chi connectivity index (χ0v) is 23.1. The van der Waals surface area contributed by atoms with Crippen molar-refractivity contribution in [3.05, 3.63) is 96.1 Å². The van der Waals surface area contributed by atoms with Gasteiger partial charge in [-0.2, -0.15) is 0 Å². The Labute approximate surface area is 230 Å². The predicted molar refractivity (Wildman–Crippen MR) is 156 cm³/mol. The Hall–Kier alpha value is -3.74. The predicted octanol–water partition coefficient (Wildman–Crippen LogP) is 4.54. The number of fused-ring (bicyclic) bond motifs is 2. The molecule has 0 saturated heterocycles. The molecule has 4 aromatic carbocycles. The molecule has 0 radical (unpaired) electrons. The molecule has 0 aliphatic carbocycles.